The molecule has 2 aromatic carbocycles. The molecule has 4 rings (SSSR count). The normalized spacial score (nSPS) is 11.3. The summed E-state index contributed by atoms with van der Waals surface area (Å²) >= 11 is 1.31. The monoisotopic (exact) mass is 433 g/mol. The standard InChI is InChI=1S/C23H23N5O2S/c1-4-14-26-21(30)18-12-8-9-13-19(18)28-22(26)24-25-23(28)31-15-20(29)27(16(2)3)17-10-6-5-7-11-17/h4-13,16H,1,14-15H2,2-3H3. The zero-order valence-corrected chi connectivity index (χ0v) is 18.2. The summed E-state index contributed by atoms with van der Waals surface area (Å²) in [6.07, 6.45) is 1.65. The molecule has 0 aliphatic heterocycles. The Bertz CT molecular complexity index is 1310. The molecule has 7 nitrogen and oxygen atoms in total. The lowest BCUT2D eigenvalue weighted by molar-refractivity contribution is -0.116. The molecule has 0 N–H and O–H groups in total. The SMILES string of the molecule is C=CCn1c(=O)c2ccccc2n2c(SCC(=O)N(c3ccccc3)C(C)C)nnc12. The molecule has 0 radical (unpaired) electrons. The minimum Gasteiger partial charge on any atom is -0.309 e. The van der Waals surface area contributed by atoms with Gasteiger partial charge in [0.25, 0.3) is 5.56 Å². The first-order valence-corrected chi connectivity index (χ1v) is 11.0. The summed E-state index contributed by atoms with van der Waals surface area (Å²) in [5, 5.41) is 9.67. The van der Waals surface area contributed by atoms with Crippen molar-refractivity contribution in [1.82, 2.24) is 19.2 Å². The highest BCUT2D eigenvalue weighted by Gasteiger charge is 2.21. The first kappa shape index (κ1) is 20.9. The molecule has 0 bridgehead atoms. The van der Waals surface area contributed by atoms with Gasteiger partial charge in [-0.05, 0) is 38.1 Å². The molecule has 0 spiro atoms. The van der Waals surface area contributed by atoms with Crippen molar-refractivity contribution in [2.75, 3.05) is 10.7 Å². The number of hydrogen-bond donors (Lipinski definition) is 0. The Morgan fingerprint density at radius 3 is 2.55 bits per heavy atom. The van der Waals surface area contributed by atoms with Gasteiger partial charge < -0.3 is 4.90 Å². The Labute approximate surface area is 184 Å². The molecule has 1 amide bonds. The molecule has 8 heteroatoms. The molecular weight excluding hydrogens is 410 g/mol. The quantitative estimate of drug-likeness (QED) is 0.328. The van der Waals surface area contributed by atoms with Crippen LogP contribution in [0.15, 0.2) is 77.2 Å². The Morgan fingerprint density at radius 1 is 1.13 bits per heavy atom. The number of thioether (sulfide) groups is 1. The number of allylic oxidation sites excluding steroid dienone is 1. The second-order valence-electron chi connectivity index (χ2n) is 7.32. The number of hydrogen-bond acceptors (Lipinski definition) is 5. The van der Waals surface area contributed by atoms with Crippen LogP contribution in [-0.4, -0.2) is 36.9 Å². The third-order valence-electron chi connectivity index (χ3n) is 4.93. The van der Waals surface area contributed by atoms with Gasteiger partial charge in [0.1, 0.15) is 0 Å². The molecule has 0 aliphatic rings. The molecule has 158 valence electrons. The van der Waals surface area contributed by atoms with Gasteiger partial charge >= 0.3 is 0 Å². The average molecular weight is 434 g/mol. The van der Waals surface area contributed by atoms with Gasteiger partial charge in [-0.1, -0.05) is 48.2 Å². The summed E-state index contributed by atoms with van der Waals surface area (Å²) in [4.78, 5) is 27.8. The van der Waals surface area contributed by atoms with Crippen LogP contribution in [0.3, 0.4) is 0 Å². The van der Waals surface area contributed by atoms with E-state index in [1.165, 1.54) is 11.8 Å². The average Bonchev–Trinajstić information content (AvgIpc) is 3.20. The lowest BCUT2D eigenvalue weighted by Gasteiger charge is -2.26. The van der Waals surface area contributed by atoms with Crippen molar-refractivity contribution in [3.63, 3.8) is 0 Å². The van der Waals surface area contributed by atoms with Crippen LogP contribution >= 0.6 is 11.8 Å². The predicted molar refractivity (Wildman–Crippen MR) is 125 cm³/mol. The molecule has 4 aromatic rings. The molecule has 31 heavy (non-hydrogen) atoms. The molecule has 2 heterocycles. The number of para-hydroxylation sites is 2. The summed E-state index contributed by atoms with van der Waals surface area (Å²) in [7, 11) is 0. The molecule has 0 atom stereocenters. The van der Waals surface area contributed by atoms with Crippen LogP contribution in [-0.2, 0) is 11.3 Å². The molecule has 0 unspecified atom stereocenters. The molecule has 0 saturated heterocycles. The van der Waals surface area contributed by atoms with Gasteiger partial charge in [-0.2, -0.15) is 0 Å². The van der Waals surface area contributed by atoms with E-state index in [9.17, 15) is 9.59 Å². The maximum atomic E-state index is 13.1. The van der Waals surface area contributed by atoms with Crippen LogP contribution in [0.5, 0.6) is 0 Å². The van der Waals surface area contributed by atoms with Crippen molar-refractivity contribution in [3.8, 4) is 0 Å². The minimum absolute atomic E-state index is 0.0178. The molecule has 0 fully saturated rings. The highest BCUT2D eigenvalue weighted by atomic mass is 32.2. The fourth-order valence-electron chi connectivity index (χ4n) is 3.64. The Kier molecular flexibility index (Phi) is 5.90. The van der Waals surface area contributed by atoms with Crippen LogP contribution in [0.1, 0.15) is 13.8 Å². The fraction of sp³-hybridized carbons (Fsp3) is 0.217. The summed E-state index contributed by atoms with van der Waals surface area (Å²) in [6.45, 7) is 8.05. The Balaban J connectivity index is 1.72. The van der Waals surface area contributed by atoms with E-state index in [0.29, 0.717) is 28.4 Å². The zero-order valence-electron chi connectivity index (χ0n) is 17.4. The van der Waals surface area contributed by atoms with Crippen molar-refractivity contribution >= 4 is 40.0 Å². The number of anilines is 1. The third-order valence-corrected chi connectivity index (χ3v) is 5.85. The van der Waals surface area contributed by atoms with E-state index >= 15 is 0 Å². The van der Waals surface area contributed by atoms with E-state index in [0.717, 1.165) is 5.69 Å². The predicted octanol–water partition coefficient (Wildman–Crippen LogP) is 3.76. The van der Waals surface area contributed by atoms with Gasteiger partial charge in [0.2, 0.25) is 11.7 Å². The first-order chi connectivity index (χ1) is 15.0. The van der Waals surface area contributed by atoms with Gasteiger partial charge in [-0.25, -0.2) is 0 Å². The van der Waals surface area contributed by atoms with Crippen LogP contribution < -0.4 is 10.5 Å². The first-order valence-electron chi connectivity index (χ1n) is 10.0. The van der Waals surface area contributed by atoms with Crippen molar-refractivity contribution in [1.29, 1.82) is 0 Å². The van der Waals surface area contributed by atoms with Crippen molar-refractivity contribution in [2.24, 2.45) is 0 Å². The maximum absolute atomic E-state index is 13.1. The summed E-state index contributed by atoms with van der Waals surface area (Å²) in [5.41, 5.74) is 1.43. The minimum atomic E-state index is -0.141. The van der Waals surface area contributed by atoms with Crippen molar-refractivity contribution in [2.45, 2.75) is 31.6 Å². The van der Waals surface area contributed by atoms with E-state index in [2.05, 4.69) is 16.8 Å². The second kappa shape index (κ2) is 8.77. The van der Waals surface area contributed by atoms with Crippen molar-refractivity contribution in [3.05, 3.63) is 77.6 Å². The maximum Gasteiger partial charge on any atom is 0.263 e. The van der Waals surface area contributed by atoms with E-state index < -0.39 is 0 Å². The summed E-state index contributed by atoms with van der Waals surface area (Å²) < 4.78 is 3.37. The smallest absolute Gasteiger partial charge is 0.263 e. The van der Waals surface area contributed by atoms with Gasteiger partial charge in [-0.15, -0.1) is 16.8 Å². The third kappa shape index (κ3) is 3.86. The Hall–Kier alpha value is -3.39. The number of benzene rings is 2. The molecule has 0 saturated carbocycles. The lowest BCUT2D eigenvalue weighted by atomic mass is 10.2. The zero-order chi connectivity index (χ0) is 22.0. The number of carbonyl (C=O) groups excluding carboxylic acids is 1. The van der Waals surface area contributed by atoms with Crippen molar-refractivity contribution < 1.29 is 4.79 Å². The number of amides is 1. The van der Waals surface area contributed by atoms with E-state index in [-0.39, 0.29) is 23.3 Å². The molecule has 0 aliphatic carbocycles. The summed E-state index contributed by atoms with van der Waals surface area (Å²) in [6, 6.07) is 17.0. The lowest BCUT2D eigenvalue weighted by Crippen LogP contribution is -2.38. The van der Waals surface area contributed by atoms with Gasteiger partial charge in [0.05, 0.1) is 16.7 Å². The number of carbonyl (C=O) groups is 1. The van der Waals surface area contributed by atoms with Crippen LogP contribution in [0.25, 0.3) is 16.7 Å². The summed E-state index contributed by atoms with van der Waals surface area (Å²) in [5.74, 6) is 0.608. The van der Waals surface area contributed by atoms with Crippen LogP contribution in [0, 0.1) is 0 Å². The fourth-order valence-corrected chi connectivity index (χ4v) is 4.43. The van der Waals surface area contributed by atoms with Gasteiger partial charge in [-0.3, -0.25) is 18.6 Å². The van der Waals surface area contributed by atoms with E-state index in [1.54, 1.807) is 21.6 Å². The van der Waals surface area contributed by atoms with Crippen LogP contribution in [0.2, 0.25) is 0 Å². The van der Waals surface area contributed by atoms with E-state index in [1.807, 2.05) is 66.8 Å². The number of nitrogens with zero attached hydrogens (tertiary/aromatic N) is 5. The van der Waals surface area contributed by atoms with Gasteiger partial charge in [0, 0.05) is 18.3 Å². The largest absolute Gasteiger partial charge is 0.309 e. The topological polar surface area (TPSA) is 72.5 Å². The highest BCUT2D eigenvalue weighted by Crippen LogP contribution is 2.24. The second-order valence-corrected chi connectivity index (χ2v) is 8.26. The van der Waals surface area contributed by atoms with Crippen LogP contribution in [0.4, 0.5) is 5.69 Å². The molecule has 2 aromatic heterocycles. The number of aromatic nitrogens is 4. The molecular formula is C23H23N5O2S. The highest BCUT2D eigenvalue weighted by molar-refractivity contribution is 7.99. The van der Waals surface area contributed by atoms with Gasteiger partial charge in [0.15, 0.2) is 5.16 Å². The number of fused-ring (bicyclic) bond motifs is 3. The van der Waals surface area contributed by atoms with E-state index in [4.69, 9.17) is 0 Å². The number of rotatable bonds is 7. The Morgan fingerprint density at radius 2 is 1.84 bits per heavy atom.